The third-order valence-corrected chi connectivity index (χ3v) is 3.74. The van der Waals surface area contributed by atoms with Crippen molar-refractivity contribution in [2.24, 2.45) is 0 Å². The molecule has 2 heterocycles. The lowest BCUT2D eigenvalue weighted by atomic mass is 10.1. The molecule has 7 nitrogen and oxygen atoms in total. The van der Waals surface area contributed by atoms with Crippen LogP contribution in [0.2, 0.25) is 0 Å². The maximum Gasteiger partial charge on any atom is 0.253 e. The second-order valence-corrected chi connectivity index (χ2v) is 5.95. The number of carbonyl (C=O) groups is 1. The molecule has 24 heavy (non-hydrogen) atoms. The largest absolute Gasteiger partial charge is 0.336 e. The summed E-state index contributed by atoms with van der Waals surface area (Å²) in [6.07, 6.45) is 3.21. The Kier molecular flexibility index (Phi) is 4.41. The van der Waals surface area contributed by atoms with E-state index >= 15 is 0 Å². The molecule has 0 unspecified atom stereocenters. The quantitative estimate of drug-likeness (QED) is 0.782. The maximum absolute atomic E-state index is 12.7. The number of nitrogens with zero attached hydrogens (tertiary/aromatic N) is 5. The van der Waals surface area contributed by atoms with Crippen LogP contribution < -0.4 is 0 Å². The number of rotatable bonds is 5. The fourth-order valence-electron chi connectivity index (χ4n) is 2.55. The van der Waals surface area contributed by atoms with Crippen LogP contribution in [0.15, 0.2) is 42.9 Å². The maximum atomic E-state index is 12.7. The van der Waals surface area contributed by atoms with Gasteiger partial charge in [-0.3, -0.25) is 9.89 Å². The van der Waals surface area contributed by atoms with Crippen molar-refractivity contribution in [1.29, 1.82) is 0 Å². The Hall–Kier alpha value is -2.96. The number of H-pyrrole nitrogens is 1. The lowest BCUT2D eigenvalue weighted by molar-refractivity contribution is 0.0783. The Balaban J connectivity index is 1.84. The minimum Gasteiger partial charge on any atom is -0.336 e. The zero-order valence-corrected chi connectivity index (χ0v) is 14.0. The SMILES string of the molecule is CC(C)n1ncnc1-c1cccc(C(=O)N(C)Cc2ccn[nH]2)c1. The van der Waals surface area contributed by atoms with E-state index in [0.717, 1.165) is 17.1 Å². The summed E-state index contributed by atoms with van der Waals surface area (Å²) in [7, 11) is 1.77. The van der Waals surface area contributed by atoms with Crippen molar-refractivity contribution in [2.45, 2.75) is 26.4 Å². The molecule has 124 valence electrons. The van der Waals surface area contributed by atoms with E-state index in [2.05, 4.69) is 20.3 Å². The van der Waals surface area contributed by atoms with E-state index in [9.17, 15) is 4.79 Å². The fourth-order valence-corrected chi connectivity index (χ4v) is 2.55. The molecule has 3 rings (SSSR count). The topological polar surface area (TPSA) is 79.7 Å². The number of hydrogen-bond acceptors (Lipinski definition) is 4. The van der Waals surface area contributed by atoms with Crippen LogP contribution in [0.3, 0.4) is 0 Å². The normalized spacial score (nSPS) is 11.0. The summed E-state index contributed by atoms with van der Waals surface area (Å²) < 4.78 is 1.85. The molecule has 0 aliphatic rings. The summed E-state index contributed by atoms with van der Waals surface area (Å²) in [6, 6.07) is 9.52. The predicted octanol–water partition coefficient (Wildman–Crippen LogP) is 2.52. The second-order valence-electron chi connectivity index (χ2n) is 5.95. The smallest absolute Gasteiger partial charge is 0.253 e. The molecule has 0 saturated heterocycles. The van der Waals surface area contributed by atoms with Crippen molar-refractivity contribution in [3.63, 3.8) is 0 Å². The predicted molar refractivity (Wildman–Crippen MR) is 90.2 cm³/mol. The van der Waals surface area contributed by atoms with Gasteiger partial charge in [-0.15, -0.1) is 0 Å². The molecule has 0 aliphatic carbocycles. The van der Waals surface area contributed by atoms with Gasteiger partial charge < -0.3 is 4.90 Å². The summed E-state index contributed by atoms with van der Waals surface area (Å²) in [5.41, 5.74) is 2.39. The number of carbonyl (C=O) groups excluding carboxylic acids is 1. The molecule has 3 aromatic rings. The van der Waals surface area contributed by atoms with Gasteiger partial charge >= 0.3 is 0 Å². The molecule has 0 aliphatic heterocycles. The van der Waals surface area contributed by atoms with Crippen LogP contribution in [0.1, 0.15) is 35.9 Å². The number of benzene rings is 1. The zero-order chi connectivity index (χ0) is 17.1. The van der Waals surface area contributed by atoms with E-state index in [0.29, 0.717) is 12.1 Å². The third-order valence-electron chi connectivity index (χ3n) is 3.74. The van der Waals surface area contributed by atoms with E-state index in [1.165, 1.54) is 6.33 Å². The zero-order valence-electron chi connectivity index (χ0n) is 14.0. The van der Waals surface area contributed by atoms with Gasteiger partial charge in [-0.25, -0.2) is 9.67 Å². The Labute approximate surface area is 140 Å². The lowest BCUT2D eigenvalue weighted by Gasteiger charge is -2.17. The second kappa shape index (κ2) is 6.66. The van der Waals surface area contributed by atoms with Crippen LogP contribution in [-0.4, -0.2) is 42.8 Å². The lowest BCUT2D eigenvalue weighted by Crippen LogP contribution is -2.26. The fraction of sp³-hybridized carbons (Fsp3) is 0.294. The highest BCUT2D eigenvalue weighted by Crippen LogP contribution is 2.21. The van der Waals surface area contributed by atoms with E-state index in [4.69, 9.17) is 0 Å². The van der Waals surface area contributed by atoms with Gasteiger partial charge in [0.1, 0.15) is 6.33 Å². The standard InChI is InChI=1S/C17H20N6O/c1-12(2)23-16(18-11-20-23)13-5-4-6-14(9-13)17(24)22(3)10-15-7-8-19-21-15/h4-9,11-12H,10H2,1-3H3,(H,19,21). The summed E-state index contributed by atoms with van der Waals surface area (Å²) in [5.74, 6) is 0.706. The molecule has 1 amide bonds. The third kappa shape index (κ3) is 3.19. The Bertz CT molecular complexity index is 821. The van der Waals surface area contributed by atoms with E-state index in [1.54, 1.807) is 18.1 Å². The molecule has 1 N–H and O–H groups in total. The molecule has 7 heteroatoms. The Morgan fingerprint density at radius 1 is 1.33 bits per heavy atom. The average molecular weight is 324 g/mol. The van der Waals surface area contributed by atoms with Gasteiger partial charge in [-0.2, -0.15) is 10.2 Å². The highest BCUT2D eigenvalue weighted by Gasteiger charge is 2.15. The number of amides is 1. The van der Waals surface area contributed by atoms with E-state index in [-0.39, 0.29) is 11.9 Å². The van der Waals surface area contributed by atoms with E-state index in [1.807, 2.05) is 48.9 Å². The average Bonchev–Trinajstić information content (AvgIpc) is 3.25. The van der Waals surface area contributed by atoms with Crippen molar-refractivity contribution >= 4 is 5.91 Å². The molecular weight excluding hydrogens is 304 g/mol. The highest BCUT2D eigenvalue weighted by atomic mass is 16.2. The molecule has 0 atom stereocenters. The first-order valence-corrected chi connectivity index (χ1v) is 7.80. The molecule has 0 fully saturated rings. The van der Waals surface area contributed by atoms with Crippen molar-refractivity contribution in [2.75, 3.05) is 7.05 Å². The van der Waals surface area contributed by atoms with Gasteiger partial charge in [-0.1, -0.05) is 12.1 Å². The van der Waals surface area contributed by atoms with Crippen LogP contribution >= 0.6 is 0 Å². The molecule has 0 radical (unpaired) electrons. The number of nitrogens with one attached hydrogen (secondary N) is 1. The first-order chi connectivity index (χ1) is 11.6. The van der Waals surface area contributed by atoms with Gasteiger partial charge in [-0.05, 0) is 32.0 Å². The molecular formula is C17H20N6O. The number of aromatic amines is 1. The molecule has 0 spiro atoms. The molecule has 0 bridgehead atoms. The van der Waals surface area contributed by atoms with Crippen molar-refractivity contribution in [3.8, 4) is 11.4 Å². The minimum absolute atomic E-state index is 0.0536. The van der Waals surface area contributed by atoms with E-state index < -0.39 is 0 Å². The highest BCUT2D eigenvalue weighted by molar-refractivity contribution is 5.95. The van der Waals surface area contributed by atoms with Crippen molar-refractivity contribution in [1.82, 2.24) is 29.9 Å². The van der Waals surface area contributed by atoms with Crippen LogP contribution in [-0.2, 0) is 6.54 Å². The van der Waals surface area contributed by atoms with Crippen LogP contribution in [0.25, 0.3) is 11.4 Å². The van der Waals surface area contributed by atoms with Crippen LogP contribution in [0.4, 0.5) is 0 Å². The van der Waals surface area contributed by atoms with Gasteiger partial charge in [0.2, 0.25) is 0 Å². The first-order valence-electron chi connectivity index (χ1n) is 7.80. The Morgan fingerprint density at radius 3 is 2.88 bits per heavy atom. The van der Waals surface area contributed by atoms with Crippen LogP contribution in [0.5, 0.6) is 0 Å². The van der Waals surface area contributed by atoms with Crippen molar-refractivity contribution < 1.29 is 4.79 Å². The first kappa shape index (κ1) is 15.9. The van der Waals surface area contributed by atoms with Crippen LogP contribution in [0, 0.1) is 0 Å². The van der Waals surface area contributed by atoms with Gasteiger partial charge in [0, 0.05) is 30.4 Å². The minimum atomic E-state index is -0.0536. The number of hydrogen-bond donors (Lipinski definition) is 1. The summed E-state index contributed by atoms with van der Waals surface area (Å²) in [6.45, 7) is 4.57. The molecule has 1 aromatic carbocycles. The molecule has 0 saturated carbocycles. The molecule has 2 aromatic heterocycles. The summed E-state index contributed by atoms with van der Waals surface area (Å²) >= 11 is 0. The van der Waals surface area contributed by atoms with Gasteiger partial charge in [0.25, 0.3) is 5.91 Å². The summed E-state index contributed by atoms with van der Waals surface area (Å²) in [5, 5.41) is 11.0. The van der Waals surface area contributed by atoms with Gasteiger partial charge in [0.05, 0.1) is 12.2 Å². The van der Waals surface area contributed by atoms with Crippen molar-refractivity contribution in [3.05, 3.63) is 54.1 Å². The summed E-state index contributed by atoms with van der Waals surface area (Å²) in [4.78, 5) is 18.6. The number of aromatic nitrogens is 5. The monoisotopic (exact) mass is 324 g/mol. The Morgan fingerprint density at radius 2 is 2.17 bits per heavy atom. The van der Waals surface area contributed by atoms with Gasteiger partial charge in [0.15, 0.2) is 5.82 Å².